The van der Waals surface area contributed by atoms with Gasteiger partial charge in [0.2, 0.25) is 0 Å². The number of ether oxygens (including phenoxy) is 3. The van der Waals surface area contributed by atoms with Crippen molar-refractivity contribution in [3.8, 4) is 0 Å². The molecular weight excluding hydrogens is 835 g/mol. The average Bonchev–Trinajstić information content (AvgIpc) is 3.29. The summed E-state index contributed by atoms with van der Waals surface area (Å²) in [5.41, 5.74) is 0. The molecule has 0 aromatic carbocycles. The van der Waals surface area contributed by atoms with E-state index in [-0.39, 0.29) is 42.7 Å². The van der Waals surface area contributed by atoms with Crippen LogP contribution in [0.25, 0.3) is 0 Å². The fourth-order valence-electron chi connectivity index (χ4n) is 8.12. The zero-order valence-electron chi connectivity index (χ0n) is 44.3. The second-order valence-corrected chi connectivity index (χ2v) is 19.8. The Morgan fingerprint density at radius 3 is 1.25 bits per heavy atom. The number of carbonyl (C=O) groups is 3. The van der Waals surface area contributed by atoms with Crippen molar-refractivity contribution in [3.63, 3.8) is 0 Å². The highest BCUT2D eigenvalue weighted by Crippen LogP contribution is 2.16. The molecule has 0 saturated heterocycles. The number of carbonyl (C=O) groups excluding carboxylic acids is 3. The quantitative estimate of drug-likeness (QED) is 0.0259. The molecule has 2 atom stereocenters. The molecule has 0 saturated carbocycles. The van der Waals surface area contributed by atoms with E-state index in [1.54, 1.807) is 21.1 Å². The van der Waals surface area contributed by atoms with Gasteiger partial charge in [-0.05, 0) is 77.0 Å². The Morgan fingerprint density at radius 1 is 0.463 bits per heavy atom. The zero-order valence-corrected chi connectivity index (χ0v) is 44.3. The molecule has 0 bridgehead atoms. The van der Waals surface area contributed by atoms with Crippen LogP contribution in [-0.2, 0) is 28.6 Å². The van der Waals surface area contributed by atoms with Crippen LogP contribution in [-0.4, -0.2) is 75.5 Å². The van der Waals surface area contributed by atoms with Gasteiger partial charge in [-0.15, -0.1) is 0 Å². The first-order valence-electron chi connectivity index (χ1n) is 27.8. The standard InChI is InChI=1S/C59H105NO7/c1-6-8-10-12-14-16-18-20-22-24-26-28-29-30-32-33-35-37-39-41-43-45-47-49-57(61)66-54-55(53-65-52-51-56(59(63)64)60(3,4)5)67-58(62)50-48-46-44-42-40-38-36-34-31-27-25-23-21-19-17-15-13-11-9-7-2/h9,11,15,17,21,23,27,30-32,55-56H,6-8,10,12-14,16,18-20,22,24-26,28-29,33-54H2,1-5H3/b11-9+,17-15+,23-21+,31-27+,32-30+. The molecule has 0 aliphatic rings. The van der Waals surface area contributed by atoms with Gasteiger partial charge in [-0.2, -0.15) is 0 Å². The van der Waals surface area contributed by atoms with E-state index < -0.39 is 18.1 Å². The molecular formula is C59H105NO7. The lowest BCUT2D eigenvalue weighted by Gasteiger charge is -2.34. The van der Waals surface area contributed by atoms with Gasteiger partial charge in [-0.25, -0.2) is 0 Å². The summed E-state index contributed by atoms with van der Waals surface area (Å²) in [7, 11) is 5.41. The predicted octanol–water partition coefficient (Wildman–Crippen LogP) is 15.1. The number of carboxylic acid groups (broad SMARTS) is 1. The monoisotopic (exact) mass is 940 g/mol. The lowest BCUT2D eigenvalue weighted by molar-refractivity contribution is -0.889. The Hall–Kier alpha value is -2.97. The second kappa shape index (κ2) is 49.5. The largest absolute Gasteiger partial charge is 0.544 e. The number of likely N-dealkylation sites (N-methyl/N-ethyl adjacent to an activating group) is 1. The molecule has 0 amide bonds. The number of aliphatic carboxylic acids is 1. The molecule has 0 spiro atoms. The van der Waals surface area contributed by atoms with E-state index in [1.807, 2.05) is 0 Å². The summed E-state index contributed by atoms with van der Waals surface area (Å²) in [6, 6.07) is -0.731. The van der Waals surface area contributed by atoms with E-state index in [1.165, 1.54) is 135 Å². The molecule has 0 heterocycles. The third-order valence-electron chi connectivity index (χ3n) is 12.4. The molecule has 8 heteroatoms. The third kappa shape index (κ3) is 47.9. The van der Waals surface area contributed by atoms with Gasteiger partial charge in [0.1, 0.15) is 12.6 Å². The van der Waals surface area contributed by atoms with Crippen molar-refractivity contribution in [2.45, 2.75) is 257 Å². The predicted molar refractivity (Wildman–Crippen MR) is 282 cm³/mol. The summed E-state index contributed by atoms with van der Waals surface area (Å²) >= 11 is 0. The van der Waals surface area contributed by atoms with Crippen molar-refractivity contribution >= 4 is 17.9 Å². The maximum atomic E-state index is 12.8. The van der Waals surface area contributed by atoms with Gasteiger partial charge in [0.05, 0.1) is 40.3 Å². The van der Waals surface area contributed by atoms with Crippen LogP contribution in [0.1, 0.15) is 245 Å². The van der Waals surface area contributed by atoms with Gasteiger partial charge >= 0.3 is 11.9 Å². The SMILES string of the molecule is CC/C=C/C/C=C/C/C=C/C/C=C/CCCCCCCCCC(=O)OC(COCCC(C(=O)[O-])[N+](C)(C)C)COC(=O)CCCCCCCCC/C=C/CCCCCCCCCCCCCC. The van der Waals surface area contributed by atoms with E-state index in [9.17, 15) is 19.5 Å². The Kier molecular flexibility index (Phi) is 47.3. The first-order valence-corrected chi connectivity index (χ1v) is 27.8. The number of hydrogen-bond acceptors (Lipinski definition) is 7. The van der Waals surface area contributed by atoms with Crippen LogP contribution in [0.4, 0.5) is 0 Å². The summed E-state index contributed by atoms with van der Waals surface area (Å²) < 4.78 is 17.3. The molecule has 2 unspecified atom stereocenters. The summed E-state index contributed by atoms with van der Waals surface area (Å²) in [6.07, 6.45) is 62.6. The Morgan fingerprint density at radius 2 is 0.836 bits per heavy atom. The Labute approximate surface area is 413 Å². The van der Waals surface area contributed by atoms with Crippen LogP contribution in [0, 0.1) is 0 Å². The molecule has 0 N–H and O–H groups in total. The molecule has 8 nitrogen and oxygen atoms in total. The van der Waals surface area contributed by atoms with E-state index in [4.69, 9.17) is 14.2 Å². The maximum absolute atomic E-state index is 12.8. The summed E-state index contributed by atoms with van der Waals surface area (Å²) in [5, 5.41) is 11.7. The molecule has 0 radical (unpaired) electrons. The average molecular weight is 940 g/mol. The maximum Gasteiger partial charge on any atom is 0.306 e. The summed E-state index contributed by atoms with van der Waals surface area (Å²) in [6.45, 7) is 4.56. The fourth-order valence-corrected chi connectivity index (χ4v) is 8.12. The first-order chi connectivity index (χ1) is 32.6. The van der Waals surface area contributed by atoms with Gasteiger partial charge in [0, 0.05) is 19.3 Å². The van der Waals surface area contributed by atoms with E-state index in [2.05, 4.69) is 74.6 Å². The van der Waals surface area contributed by atoms with Gasteiger partial charge in [0.15, 0.2) is 6.10 Å². The van der Waals surface area contributed by atoms with Crippen LogP contribution in [0.5, 0.6) is 0 Å². The topological polar surface area (TPSA) is 102 Å². The third-order valence-corrected chi connectivity index (χ3v) is 12.4. The Bertz CT molecular complexity index is 1280. The van der Waals surface area contributed by atoms with Crippen molar-refractivity contribution in [2.75, 3.05) is 41.0 Å². The number of esters is 2. The molecule has 0 aliphatic heterocycles. The van der Waals surface area contributed by atoms with Crippen molar-refractivity contribution in [3.05, 3.63) is 60.8 Å². The second-order valence-electron chi connectivity index (χ2n) is 19.8. The lowest BCUT2D eigenvalue weighted by Crippen LogP contribution is -2.55. The number of unbranched alkanes of at least 4 members (excludes halogenated alkanes) is 26. The van der Waals surface area contributed by atoms with E-state index in [0.717, 1.165) is 77.0 Å². The Balaban J connectivity index is 4.21. The number of hydrogen-bond donors (Lipinski definition) is 0. The number of quaternary nitrogens is 1. The van der Waals surface area contributed by atoms with Crippen molar-refractivity contribution in [1.82, 2.24) is 0 Å². The van der Waals surface area contributed by atoms with Gasteiger partial charge < -0.3 is 28.6 Å². The number of allylic oxidation sites excluding steroid dienone is 10. The van der Waals surface area contributed by atoms with Gasteiger partial charge in [0.25, 0.3) is 0 Å². The normalized spacial score (nSPS) is 13.3. The van der Waals surface area contributed by atoms with E-state index in [0.29, 0.717) is 12.8 Å². The minimum absolute atomic E-state index is 0.0338. The first kappa shape index (κ1) is 64.0. The van der Waals surface area contributed by atoms with Crippen molar-refractivity contribution in [2.24, 2.45) is 0 Å². The molecule has 67 heavy (non-hydrogen) atoms. The zero-order chi connectivity index (χ0) is 49.2. The highest BCUT2D eigenvalue weighted by atomic mass is 16.6. The fraction of sp³-hybridized carbons (Fsp3) is 0.780. The number of carboxylic acids is 1. The lowest BCUT2D eigenvalue weighted by atomic mass is 10.0. The smallest absolute Gasteiger partial charge is 0.306 e. The van der Waals surface area contributed by atoms with Gasteiger partial charge in [-0.1, -0.05) is 209 Å². The minimum Gasteiger partial charge on any atom is -0.544 e. The van der Waals surface area contributed by atoms with Crippen molar-refractivity contribution in [1.29, 1.82) is 0 Å². The number of rotatable bonds is 50. The van der Waals surface area contributed by atoms with Gasteiger partial charge in [-0.3, -0.25) is 9.59 Å². The van der Waals surface area contributed by atoms with Crippen LogP contribution < -0.4 is 5.11 Å². The van der Waals surface area contributed by atoms with Crippen LogP contribution in [0.3, 0.4) is 0 Å². The molecule has 0 fully saturated rings. The van der Waals surface area contributed by atoms with E-state index >= 15 is 0 Å². The highest BCUT2D eigenvalue weighted by molar-refractivity contribution is 5.70. The molecule has 0 aliphatic carbocycles. The molecule has 0 rings (SSSR count). The number of nitrogens with zero attached hydrogens (tertiary/aromatic N) is 1. The summed E-state index contributed by atoms with van der Waals surface area (Å²) in [4.78, 5) is 37.1. The molecule has 0 aromatic heterocycles. The van der Waals surface area contributed by atoms with Crippen LogP contribution >= 0.6 is 0 Å². The molecule has 0 aromatic rings. The molecule has 388 valence electrons. The highest BCUT2D eigenvalue weighted by Gasteiger charge is 2.25. The summed E-state index contributed by atoms with van der Waals surface area (Å²) in [5.74, 6) is -1.75. The van der Waals surface area contributed by atoms with Crippen LogP contribution in [0.2, 0.25) is 0 Å². The minimum atomic E-state index is -1.13. The van der Waals surface area contributed by atoms with Crippen LogP contribution in [0.15, 0.2) is 60.8 Å². The van der Waals surface area contributed by atoms with Crippen molar-refractivity contribution < 1.29 is 38.2 Å².